The molecule has 2 rings (SSSR count). The summed E-state index contributed by atoms with van der Waals surface area (Å²) in [4.78, 5) is 12.1. The lowest BCUT2D eigenvalue weighted by Crippen LogP contribution is -2.23. The molecule has 1 aromatic carbocycles. The molecular formula is C21H30O3. The summed E-state index contributed by atoms with van der Waals surface area (Å²) in [5.74, 6) is 0.649. The summed E-state index contributed by atoms with van der Waals surface area (Å²) in [7, 11) is 0. The van der Waals surface area contributed by atoms with Crippen LogP contribution in [-0.4, -0.2) is 25.3 Å². The zero-order valence-corrected chi connectivity index (χ0v) is 14.8. The fourth-order valence-corrected chi connectivity index (χ4v) is 3.06. The molecule has 1 fully saturated rings. The third-order valence-electron chi connectivity index (χ3n) is 4.46. The van der Waals surface area contributed by atoms with Crippen LogP contribution in [0.4, 0.5) is 0 Å². The van der Waals surface area contributed by atoms with Crippen molar-refractivity contribution in [1.29, 1.82) is 0 Å². The number of allylic oxidation sites excluding steroid dienone is 2. The van der Waals surface area contributed by atoms with Crippen molar-refractivity contribution >= 4 is 5.78 Å². The predicted molar refractivity (Wildman–Crippen MR) is 97.1 cm³/mol. The molecule has 24 heavy (non-hydrogen) atoms. The number of ketones is 1. The molecule has 3 nitrogen and oxygen atoms in total. The number of hydrogen-bond donors (Lipinski definition) is 0. The van der Waals surface area contributed by atoms with Crippen molar-refractivity contribution in [3.05, 3.63) is 48.0 Å². The van der Waals surface area contributed by atoms with Crippen molar-refractivity contribution in [2.75, 3.05) is 13.2 Å². The molecule has 1 aromatic rings. The lowest BCUT2D eigenvalue weighted by Gasteiger charge is -2.23. The lowest BCUT2D eigenvalue weighted by atomic mass is 9.96. The number of benzene rings is 1. The number of hydrogen-bond acceptors (Lipinski definition) is 3. The summed E-state index contributed by atoms with van der Waals surface area (Å²) < 4.78 is 11.4. The predicted octanol–water partition coefficient (Wildman–Crippen LogP) is 5.17. The van der Waals surface area contributed by atoms with Crippen LogP contribution in [-0.2, 0) is 9.47 Å². The van der Waals surface area contributed by atoms with E-state index in [-0.39, 0.29) is 12.1 Å². The molecule has 132 valence electrons. The molecule has 0 radical (unpaired) electrons. The second kappa shape index (κ2) is 11.2. The van der Waals surface area contributed by atoms with Gasteiger partial charge in [-0.25, -0.2) is 0 Å². The molecule has 1 saturated heterocycles. The van der Waals surface area contributed by atoms with Crippen LogP contribution in [0.2, 0.25) is 0 Å². The summed E-state index contributed by atoms with van der Waals surface area (Å²) in [5.41, 5.74) is 0.749. The van der Waals surface area contributed by atoms with Crippen LogP contribution >= 0.6 is 0 Å². The number of carbonyl (C=O) groups is 1. The first-order valence-corrected chi connectivity index (χ1v) is 9.28. The van der Waals surface area contributed by atoms with E-state index in [2.05, 4.69) is 6.92 Å². The van der Waals surface area contributed by atoms with Gasteiger partial charge in [-0.15, -0.1) is 0 Å². The molecule has 0 spiro atoms. The van der Waals surface area contributed by atoms with E-state index in [4.69, 9.17) is 9.47 Å². The van der Waals surface area contributed by atoms with E-state index < -0.39 is 0 Å². The van der Waals surface area contributed by atoms with Gasteiger partial charge in [0, 0.05) is 12.2 Å². The third kappa shape index (κ3) is 6.98. The second-order valence-corrected chi connectivity index (χ2v) is 6.48. The van der Waals surface area contributed by atoms with Gasteiger partial charge in [-0.2, -0.15) is 0 Å². The first kappa shape index (κ1) is 18.9. The molecule has 0 saturated carbocycles. The molecule has 1 heterocycles. The van der Waals surface area contributed by atoms with Gasteiger partial charge in [0.05, 0.1) is 6.61 Å². The zero-order chi connectivity index (χ0) is 17.0. The summed E-state index contributed by atoms with van der Waals surface area (Å²) in [6.07, 6.45) is 11.4. The highest BCUT2D eigenvalue weighted by molar-refractivity contribution is 6.04. The van der Waals surface area contributed by atoms with Crippen molar-refractivity contribution in [2.45, 2.75) is 58.2 Å². The van der Waals surface area contributed by atoms with Gasteiger partial charge in [-0.1, -0.05) is 56.2 Å². The Morgan fingerprint density at radius 3 is 2.83 bits per heavy atom. The minimum absolute atomic E-state index is 0.00349. The maximum absolute atomic E-state index is 12.1. The molecule has 0 N–H and O–H groups in total. The maximum atomic E-state index is 12.1. The van der Waals surface area contributed by atoms with Gasteiger partial charge in [0.1, 0.15) is 0 Å². The largest absolute Gasteiger partial charge is 0.353 e. The highest BCUT2D eigenvalue weighted by atomic mass is 16.7. The molecule has 1 aliphatic heterocycles. The first-order valence-electron chi connectivity index (χ1n) is 9.28. The highest BCUT2D eigenvalue weighted by Crippen LogP contribution is 2.19. The van der Waals surface area contributed by atoms with E-state index >= 15 is 0 Å². The van der Waals surface area contributed by atoms with Crippen LogP contribution in [0.5, 0.6) is 0 Å². The summed E-state index contributed by atoms with van der Waals surface area (Å²) in [5, 5.41) is 0. The Morgan fingerprint density at radius 1 is 1.29 bits per heavy atom. The number of rotatable bonds is 10. The zero-order valence-electron chi connectivity index (χ0n) is 14.8. The quantitative estimate of drug-likeness (QED) is 0.439. The normalized spacial score (nSPS) is 19.5. The van der Waals surface area contributed by atoms with E-state index in [1.165, 1.54) is 12.8 Å². The van der Waals surface area contributed by atoms with Crippen LogP contribution < -0.4 is 0 Å². The Morgan fingerprint density at radius 2 is 2.12 bits per heavy atom. The first-order chi connectivity index (χ1) is 11.8. The lowest BCUT2D eigenvalue weighted by molar-refractivity contribution is -0.164. The van der Waals surface area contributed by atoms with E-state index in [9.17, 15) is 4.79 Å². The van der Waals surface area contributed by atoms with E-state index in [1.54, 1.807) is 6.08 Å². The molecule has 2 unspecified atom stereocenters. The van der Waals surface area contributed by atoms with Gasteiger partial charge in [0.2, 0.25) is 0 Å². The van der Waals surface area contributed by atoms with Crippen molar-refractivity contribution < 1.29 is 14.3 Å². The van der Waals surface area contributed by atoms with Crippen LogP contribution in [0, 0.1) is 5.92 Å². The monoisotopic (exact) mass is 330 g/mol. The van der Waals surface area contributed by atoms with Gasteiger partial charge >= 0.3 is 0 Å². The van der Waals surface area contributed by atoms with Crippen molar-refractivity contribution in [3.63, 3.8) is 0 Å². The van der Waals surface area contributed by atoms with E-state index in [0.717, 1.165) is 50.9 Å². The summed E-state index contributed by atoms with van der Waals surface area (Å²) in [6, 6.07) is 9.42. The molecular weight excluding hydrogens is 300 g/mol. The van der Waals surface area contributed by atoms with Crippen LogP contribution in [0.3, 0.4) is 0 Å². The average Bonchev–Trinajstić information content (AvgIpc) is 2.63. The molecule has 3 heteroatoms. The fourth-order valence-electron chi connectivity index (χ4n) is 3.06. The standard InChI is InChI=1S/C21H30O3/c1-2-9-18(15-17-24-21-14-6-7-16-23-21)10-8-13-20(22)19-11-4-3-5-12-19/h3-5,8,11-13,18,21H,2,6-7,9-10,14-17H2,1H3. The third-order valence-corrected chi connectivity index (χ3v) is 4.46. The van der Waals surface area contributed by atoms with Crippen molar-refractivity contribution in [1.82, 2.24) is 0 Å². The van der Waals surface area contributed by atoms with E-state index in [1.807, 2.05) is 36.4 Å². The van der Waals surface area contributed by atoms with Gasteiger partial charge < -0.3 is 9.47 Å². The molecule has 0 aliphatic carbocycles. The number of ether oxygens (including phenoxy) is 2. The minimum atomic E-state index is -0.00349. The smallest absolute Gasteiger partial charge is 0.185 e. The second-order valence-electron chi connectivity index (χ2n) is 6.48. The van der Waals surface area contributed by atoms with Gasteiger partial charge in [-0.05, 0) is 44.1 Å². The van der Waals surface area contributed by atoms with Gasteiger partial charge in [0.15, 0.2) is 12.1 Å². The topological polar surface area (TPSA) is 35.5 Å². The maximum Gasteiger partial charge on any atom is 0.185 e. The van der Waals surface area contributed by atoms with E-state index in [0.29, 0.717) is 5.92 Å². The Hall–Kier alpha value is -1.45. The Balaban J connectivity index is 1.71. The summed E-state index contributed by atoms with van der Waals surface area (Å²) >= 11 is 0. The Bertz CT molecular complexity index is 489. The van der Waals surface area contributed by atoms with Crippen molar-refractivity contribution in [2.24, 2.45) is 5.92 Å². The van der Waals surface area contributed by atoms with Gasteiger partial charge in [-0.3, -0.25) is 4.79 Å². The Kier molecular flexibility index (Phi) is 8.78. The van der Waals surface area contributed by atoms with Crippen molar-refractivity contribution in [3.8, 4) is 0 Å². The molecule has 0 aromatic heterocycles. The number of carbonyl (C=O) groups excluding carboxylic acids is 1. The molecule has 2 atom stereocenters. The van der Waals surface area contributed by atoms with Crippen LogP contribution in [0.15, 0.2) is 42.5 Å². The van der Waals surface area contributed by atoms with Crippen LogP contribution in [0.1, 0.15) is 62.2 Å². The molecule has 1 aliphatic rings. The highest BCUT2D eigenvalue weighted by Gasteiger charge is 2.15. The fraction of sp³-hybridized carbons (Fsp3) is 0.571. The Labute approximate surface area is 146 Å². The average molecular weight is 330 g/mol. The summed E-state index contributed by atoms with van der Waals surface area (Å²) in [6.45, 7) is 3.78. The molecule has 0 bridgehead atoms. The van der Waals surface area contributed by atoms with Crippen LogP contribution in [0.25, 0.3) is 0 Å². The van der Waals surface area contributed by atoms with Gasteiger partial charge in [0.25, 0.3) is 0 Å². The minimum Gasteiger partial charge on any atom is -0.353 e. The molecule has 0 amide bonds. The SMILES string of the molecule is CCCC(CC=CC(=O)c1ccccc1)CCOC1CCCCO1.